The van der Waals surface area contributed by atoms with Crippen LogP contribution in [0.1, 0.15) is 16.7 Å². The van der Waals surface area contributed by atoms with Crippen LogP contribution in [0.4, 0.5) is 11.4 Å². The van der Waals surface area contributed by atoms with Gasteiger partial charge in [0.2, 0.25) is 11.2 Å². The number of nitrogen functional groups attached to an aromatic ring is 2. The number of benzene rings is 4. The first-order valence-electron chi connectivity index (χ1n) is 11.6. The number of aryl methyl sites for hydroxylation is 1. The van der Waals surface area contributed by atoms with Crippen molar-refractivity contribution in [2.75, 3.05) is 11.5 Å². The molecule has 0 aliphatic carbocycles. The van der Waals surface area contributed by atoms with Crippen LogP contribution < -0.4 is 26.4 Å². The van der Waals surface area contributed by atoms with Gasteiger partial charge < -0.3 is 25.4 Å². The van der Waals surface area contributed by atoms with E-state index in [0.29, 0.717) is 40.3 Å². The van der Waals surface area contributed by atoms with E-state index in [-0.39, 0.29) is 23.5 Å². The van der Waals surface area contributed by atoms with Gasteiger partial charge in [-0.25, -0.2) is 0 Å². The van der Waals surface area contributed by atoms with Crippen LogP contribution in [0, 0.1) is 6.92 Å². The SMILES string of the molecule is Cc1cc(N)c2oc(-c3ccc(OCc4ccccc4)c(N)c3)c(OCc3ccccc3)c(=O)c2c1. The number of anilines is 2. The summed E-state index contributed by atoms with van der Waals surface area (Å²) in [6.07, 6.45) is 0. The van der Waals surface area contributed by atoms with Gasteiger partial charge in [0.15, 0.2) is 11.3 Å². The predicted molar refractivity (Wildman–Crippen MR) is 143 cm³/mol. The molecule has 180 valence electrons. The maximum Gasteiger partial charge on any atom is 0.235 e. The predicted octanol–water partition coefficient (Wildman–Crippen LogP) is 6.09. The third kappa shape index (κ3) is 4.74. The highest BCUT2D eigenvalue weighted by molar-refractivity contribution is 5.91. The molecule has 0 saturated heterocycles. The number of ether oxygens (including phenoxy) is 2. The third-order valence-corrected chi connectivity index (χ3v) is 5.86. The molecular weight excluding hydrogens is 452 g/mol. The molecule has 0 saturated carbocycles. The fraction of sp³-hybridized carbons (Fsp3) is 0.100. The van der Waals surface area contributed by atoms with Crippen molar-refractivity contribution in [3.05, 3.63) is 118 Å². The summed E-state index contributed by atoms with van der Waals surface area (Å²) in [4.78, 5) is 13.6. The number of hydrogen-bond donors (Lipinski definition) is 2. The van der Waals surface area contributed by atoms with Crippen molar-refractivity contribution >= 4 is 22.3 Å². The molecule has 5 rings (SSSR count). The molecule has 1 aromatic heterocycles. The van der Waals surface area contributed by atoms with Gasteiger partial charge in [-0.05, 0) is 53.9 Å². The van der Waals surface area contributed by atoms with E-state index in [4.69, 9.17) is 25.4 Å². The number of fused-ring (bicyclic) bond motifs is 1. The quantitative estimate of drug-likeness (QED) is 0.275. The molecule has 0 atom stereocenters. The minimum Gasteiger partial charge on any atom is -0.487 e. The van der Waals surface area contributed by atoms with E-state index in [1.807, 2.05) is 67.6 Å². The second kappa shape index (κ2) is 9.88. The molecule has 0 fully saturated rings. The minimum absolute atomic E-state index is 0.105. The average Bonchev–Trinajstić information content (AvgIpc) is 2.89. The molecule has 0 amide bonds. The van der Waals surface area contributed by atoms with Gasteiger partial charge in [0.25, 0.3) is 0 Å². The summed E-state index contributed by atoms with van der Waals surface area (Å²) in [5.74, 6) is 0.904. The maximum absolute atomic E-state index is 13.6. The lowest BCUT2D eigenvalue weighted by atomic mass is 10.1. The lowest BCUT2D eigenvalue weighted by molar-refractivity contribution is 0.298. The fourth-order valence-corrected chi connectivity index (χ4v) is 4.06. The molecule has 0 radical (unpaired) electrons. The van der Waals surface area contributed by atoms with Crippen LogP contribution in [0.25, 0.3) is 22.3 Å². The van der Waals surface area contributed by atoms with Crippen LogP contribution in [-0.4, -0.2) is 0 Å². The van der Waals surface area contributed by atoms with Crippen LogP contribution in [0.2, 0.25) is 0 Å². The highest BCUT2D eigenvalue weighted by atomic mass is 16.5. The molecule has 0 aliphatic heterocycles. The number of hydrogen-bond acceptors (Lipinski definition) is 6. The Bertz CT molecular complexity index is 1580. The Morgan fingerprint density at radius 2 is 1.39 bits per heavy atom. The fourth-order valence-electron chi connectivity index (χ4n) is 4.06. The highest BCUT2D eigenvalue weighted by Gasteiger charge is 2.20. The highest BCUT2D eigenvalue weighted by Crippen LogP contribution is 2.36. The zero-order chi connectivity index (χ0) is 25.1. The zero-order valence-corrected chi connectivity index (χ0v) is 19.9. The van der Waals surface area contributed by atoms with Gasteiger partial charge in [0.1, 0.15) is 19.0 Å². The third-order valence-electron chi connectivity index (χ3n) is 5.86. The average molecular weight is 479 g/mol. The van der Waals surface area contributed by atoms with Crippen LogP contribution in [0.15, 0.2) is 100 Å². The van der Waals surface area contributed by atoms with Gasteiger partial charge in [-0.2, -0.15) is 0 Å². The monoisotopic (exact) mass is 478 g/mol. The smallest absolute Gasteiger partial charge is 0.235 e. The van der Waals surface area contributed by atoms with E-state index in [1.54, 1.807) is 30.3 Å². The molecule has 0 spiro atoms. The summed E-state index contributed by atoms with van der Waals surface area (Å²) in [5, 5.41) is 0.370. The van der Waals surface area contributed by atoms with E-state index >= 15 is 0 Å². The van der Waals surface area contributed by atoms with Crippen molar-refractivity contribution in [3.8, 4) is 22.8 Å². The summed E-state index contributed by atoms with van der Waals surface area (Å²) in [6.45, 7) is 2.47. The Kier molecular flexibility index (Phi) is 6.33. The van der Waals surface area contributed by atoms with Gasteiger partial charge >= 0.3 is 0 Å². The van der Waals surface area contributed by atoms with Crippen molar-refractivity contribution in [1.29, 1.82) is 0 Å². The van der Waals surface area contributed by atoms with E-state index in [1.165, 1.54) is 0 Å². The number of rotatable bonds is 7. The van der Waals surface area contributed by atoms with E-state index in [9.17, 15) is 4.79 Å². The Labute approximate surface area is 208 Å². The molecule has 5 aromatic rings. The molecule has 0 aliphatic rings. The first-order chi connectivity index (χ1) is 17.5. The standard InChI is InChI=1S/C30H26N2O4/c1-19-14-23-27(33)30(35-18-21-10-6-3-7-11-21)28(36-29(23)25(32)15-19)22-12-13-26(24(31)16-22)34-17-20-8-4-2-5-9-20/h2-16H,17-18,31-32H2,1H3. The van der Waals surface area contributed by atoms with Gasteiger partial charge in [-0.15, -0.1) is 0 Å². The lowest BCUT2D eigenvalue weighted by Gasteiger charge is -2.15. The summed E-state index contributed by atoms with van der Waals surface area (Å²) in [5.41, 5.74) is 16.8. The largest absolute Gasteiger partial charge is 0.487 e. The van der Waals surface area contributed by atoms with Crippen molar-refractivity contribution in [2.45, 2.75) is 20.1 Å². The summed E-state index contributed by atoms with van der Waals surface area (Å²) < 4.78 is 18.2. The summed E-state index contributed by atoms with van der Waals surface area (Å²) >= 11 is 0. The number of nitrogens with two attached hydrogens (primary N) is 2. The molecular formula is C30H26N2O4. The van der Waals surface area contributed by atoms with Gasteiger partial charge in [-0.3, -0.25) is 4.79 Å². The van der Waals surface area contributed by atoms with Gasteiger partial charge in [0.05, 0.1) is 16.8 Å². The second-order valence-electron chi connectivity index (χ2n) is 8.62. The van der Waals surface area contributed by atoms with Crippen LogP contribution in [0.5, 0.6) is 11.5 Å². The second-order valence-corrected chi connectivity index (χ2v) is 8.62. The molecule has 0 bridgehead atoms. The maximum atomic E-state index is 13.6. The van der Waals surface area contributed by atoms with Crippen LogP contribution in [-0.2, 0) is 13.2 Å². The molecule has 4 N–H and O–H groups in total. The minimum atomic E-state index is -0.291. The molecule has 6 nitrogen and oxygen atoms in total. The van der Waals surface area contributed by atoms with Gasteiger partial charge in [0, 0.05) is 5.56 Å². The normalized spacial score (nSPS) is 10.9. The molecule has 1 heterocycles. The molecule has 4 aromatic carbocycles. The van der Waals surface area contributed by atoms with E-state index in [0.717, 1.165) is 16.7 Å². The molecule has 36 heavy (non-hydrogen) atoms. The van der Waals surface area contributed by atoms with Crippen molar-refractivity contribution in [1.82, 2.24) is 0 Å². The summed E-state index contributed by atoms with van der Waals surface area (Å²) in [6, 6.07) is 28.2. The Hall–Kier alpha value is -4.71. The molecule has 0 unspecified atom stereocenters. The van der Waals surface area contributed by atoms with Crippen molar-refractivity contribution in [3.63, 3.8) is 0 Å². The van der Waals surface area contributed by atoms with Gasteiger partial charge in [-0.1, -0.05) is 60.7 Å². The zero-order valence-electron chi connectivity index (χ0n) is 19.9. The first kappa shape index (κ1) is 23.1. The topological polar surface area (TPSA) is 101 Å². The Morgan fingerprint density at radius 3 is 2.03 bits per heavy atom. The van der Waals surface area contributed by atoms with Crippen molar-refractivity contribution < 1.29 is 13.9 Å². The van der Waals surface area contributed by atoms with E-state index in [2.05, 4.69) is 0 Å². The van der Waals surface area contributed by atoms with Crippen molar-refractivity contribution in [2.24, 2.45) is 0 Å². The first-order valence-corrected chi connectivity index (χ1v) is 11.6. The Balaban J connectivity index is 1.55. The Morgan fingerprint density at radius 1 is 0.750 bits per heavy atom. The summed E-state index contributed by atoms with van der Waals surface area (Å²) in [7, 11) is 0. The van der Waals surface area contributed by atoms with Crippen LogP contribution >= 0.6 is 0 Å². The lowest BCUT2D eigenvalue weighted by Crippen LogP contribution is -2.11. The van der Waals surface area contributed by atoms with E-state index < -0.39 is 0 Å². The van der Waals surface area contributed by atoms with Crippen LogP contribution in [0.3, 0.4) is 0 Å². The molecule has 6 heteroatoms.